The first kappa shape index (κ1) is 14.4. The molecule has 0 spiro atoms. The second-order valence-electron chi connectivity index (χ2n) is 5.17. The van der Waals surface area contributed by atoms with Crippen LogP contribution in [0, 0.1) is 6.92 Å². The number of rotatable bonds is 6. The van der Waals surface area contributed by atoms with Gasteiger partial charge in [0.15, 0.2) is 0 Å². The highest BCUT2D eigenvalue weighted by molar-refractivity contribution is 5.32. The van der Waals surface area contributed by atoms with Gasteiger partial charge < -0.3 is 14.5 Å². The highest BCUT2D eigenvalue weighted by Gasteiger charge is 2.10. The van der Waals surface area contributed by atoms with E-state index >= 15 is 0 Å². The maximum atomic E-state index is 5.61. The number of ether oxygens (including phenoxy) is 1. The third kappa shape index (κ3) is 4.26. The molecule has 0 radical (unpaired) electrons. The van der Waals surface area contributed by atoms with E-state index in [0.717, 1.165) is 17.9 Å². The van der Waals surface area contributed by atoms with E-state index in [1.165, 1.54) is 0 Å². The first-order chi connectivity index (χ1) is 9.52. The number of hydrogen-bond acceptors (Lipinski definition) is 5. The molecule has 5 nitrogen and oxygen atoms in total. The molecule has 2 aromatic heterocycles. The molecule has 0 aliphatic heterocycles. The zero-order chi connectivity index (χ0) is 14.5. The molecule has 0 saturated carbocycles. The Bertz CT molecular complexity index is 538. The SMILES string of the molecule is Cc1cc(OC(C)C)nc(NC(C)Cc2ccco2)n1. The largest absolute Gasteiger partial charge is 0.475 e. The summed E-state index contributed by atoms with van der Waals surface area (Å²) >= 11 is 0. The maximum Gasteiger partial charge on any atom is 0.226 e. The van der Waals surface area contributed by atoms with Crippen molar-refractivity contribution in [1.29, 1.82) is 0 Å². The van der Waals surface area contributed by atoms with Gasteiger partial charge in [0.1, 0.15) is 5.76 Å². The maximum absolute atomic E-state index is 5.61. The van der Waals surface area contributed by atoms with Crippen molar-refractivity contribution in [2.24, 2.45) is 0 Å². The van der Waals surface area contributed by atoms with Crippen LogP contribution in [-0.2, 0) is 6.42 Å². The quantitative estimate of drug-likeness (QED) is 0.877. The number of aryl methyl sites for hydroxylation is 1. The number of nitrogens with one attached hydrogen (secondary N) is 1. The van der Waals surface area contributed by atoms with Crippen molar-refractivity contribution in [3.05, 3.63) is 35.9 Å². The van der Waals surface area contributed by atoms with Crippen LogP contribution in [0.25, 0.3) is 0 Å². The van der Waals surface area contributed by atoms with Crippen molar-refractivity contribution in [1.82, 2.24) is 9.97 Å². The molecule has 0 aliphatic carbocycles. The van der Waals surface area contributed by atoms with Crippen LogP contribution in [0.5, 0.6) is 5.88 Å². The minimum Gasteiger partial charge on any atom is -0.475 e. The summed E-state index contributed by atoms with van der Waals surface area (Å²) in [7, 11) is 0. The molecule has 2 aromatic rings. The summed E-state index contributed by atoms with van der Waals surface area (Å²) in [6, 6.07) is 5.86. The molecule has 0 amide bonds. The Labute approximate surface area is 119 Å². The van der Waals surface area contributed by atoms with Gasteiger partial charge in [-0.3, -0.25) is 0 Å². The van der Waals surface area contributed by atoms with Crippen molar-refractivity contribution in [3.8, 4) is 5.88 Å². The molecule has 2 heterocycles. The van der Waals surface area contributed by atoms with E-state index in [1.54, 1.807) is 6.26 Å². The average molecular weight is 275 g/mol. The van der Waals surface area contributed by atoms with Crippen molar-refractivity contribution in [2.75, 3.05) is 5.32 Å². The van der Waals surface area contributed by atoms with E-state index in [9.17, 15) is 0 Å². The van der Waals surface area contributed by atoms with Gasteiger partial charge in [0.25, 0.3) is 0 Å². The lowest BCUT2D eigenvalue weighted by Gasteiger charge is -2.15. The second-order valence-corrected chi connectivity index (χ2v) is 5.17. The summed E-state index contributed by atoms with van der Waals surface area (Å²) in [5, 5.41) is 3.27. The van der Waals surface area contributed by atoms with Gasteiger partial charge in [0, 0.05) is 24.2 Å². The number of aromatic nitrogens is 2. The van der Waals surface area contributed by atoms with Gasteiger partial charge in [0.05, 0.1) is 12.4 Å². The highest BCUT2D eigenvalue weighted by Crippen LogP contribution is 2.15. The van der Waals surface area contributed by atoms with Crippen LogP contribution < -0.4 is 10.1 Å². The smallest absolute Gasteiger partial charge is 0.226 e. The molecular formula is C15H21N3O2. The van der Waals surface area contributed by atoms with Crippen LogP contribution in [0.15, 0.2) is 28.9 Å². The predicted octanol–water partition coefficient (Wildman–Crippen LogP) is 3.21. The zero-order valence-electron chi connectivity index (χ0n) is 12.4. The fraction of sp³-hybridized carbons (Fsp3) is 0.467. The number of anilines is 1. The third-order valence-electron chi connectivity index (χ3n) is 2.65. The minimum absolute atomic E-state index is 0.0951. The van der Waals surface area contributed by atoms with E-state index in [2.05, 4.69) is 22.2 Å². The Morgan fingerprint density at radius 2 is 2.10 bits per heavy atom. The summed E-state index contributed by atoms with van der Waals surface area (Å²) in [4.78, 5) is 8.75. The van der Waals surface area contributed by atoms with Gasteiger partial charge in [0.2, 0.25) is 11.8 Å². The van der Waals surface area contributed by atoms with Crippen molar-refractivity contribution in [3.63, 3.8) is 0 Å². The fourth-order valence-electron chi connectivity index (χ4n) is 1.91. The van der Waals surface area contributed by atoms with Gasteiger partial charge in [-0.25, -0.2) is 4.98 Å². The normalized spacial score (nSPS) is 12.4. The number of hydrogen-bond donors (Lipinski definition) is 1. The van der Waals surface area contributed by atoms with Crippen LogP contribution in [0.2, 0.25) is 0 Å². The Hall–Kier alpha value is -2.04. The molecule has 0 saturated heterocycles. The van der Waals surface area contributed by atoms with Gasteiger partial charge in [-0.15, -0.1) is 0 Å². The van der Waals surface area contributed by atoms with Crippen LogP contribution in [-0.4, -0.2) is 22.1 Å². The molecule has 1 N–H and O–H groups in total. The minimum atomic E-state index is 0.0951. The lowest BCUT2D eigenvalue weighted by Crippen LogP contribution is -2.20. The first-order valence-electron chi connectivity index (χ1n) is 6.84. The highest BCUT2D eigenvalue weighted by atomic mass is 16.5. The van der Waals surface area contributed by atoms with E-state index in [1.807, 2.05) is 39.0 Å². The molecule has 1 atom stereocenters. The summed E-state index contributed by atoms with van der Waals surface area (Å²) in [5.74, 6) is 2.12. The van der Waals surface area contributed by atoms with E-state index in [4.69, 9.17) is 9.15 Å². The van der Waals surface area contributed by atoms with Gasteiger partial charge in [-0.05, 0) is 39.8 Å². The zero-order valence-corrected chi connectivity index (χ0v) is 12.4. The van der Waals surface area contributed by atoms with Crippen molar-refractivity contribution >= 4 is 5.95 Å². The molecule has 0 bridgehead atoms. The number of furan rings is 1. The molecule has 20 heavy (non-hydrogen) atoms. The average Bonchev–Trinajstić information content (AvgIpc) is 2.79. The summed E-state index contributed by atoms with van der Waals surface area (Å²) in [6.07, 6.45) is 2.56. The Kier molecular flexibility index (Phi) is 4.61. The van der Waals surface area contributed by atoms with Gasteiger partial charge >= 0.3 is 0 Å². The molecule has 5 heteroatoms. The van der Waals surface area contributed by atoms with Crippen molar-refractivity contribution in [2.45, 2.75) is 46.3 Å². The van der Waals surface area contributed by atoms with Crippen LogP contribution in [0.3, 0.4) is 0 Å². The molecule has 0 aliphatic rings. The molecule has 108 valence electrons. The van der Waals surface area contributed by atoms with Gasteiger partial charge in [-0.2, -0.15) is 4.98 Å². The molecule has 0 fully saturated rings. The predicted molar refractivity (Wildman–Crippen MR) is 78.0 cm³/mol. The topological polar surface area (TPSA) is 60.2 Å². The Balaban J connectivity index is 2.02. The molecule has 1 unspecified atom stereocenters. The standard InChI is InChI=1S/C15H21N3O2/c1-10(2)20-14-9-12(4)17-15(18-14)16-11(3)8-13-6-5-7-19-13/h5-7,9-11H,8H2,1-4H3,(H,16,17,18). The monoisotopic (exact) mass is 275 g/mol. The first-order valence-corrected chi connectivity index (χ1v) is 6.84. The van der Waals surface area contributed by atoms with Crippen LogP contribution in [0.4, 0.5) is 5.95 Å². The second kappa shape index (κ2) is 6.41. The lowest BCUT2D eigenvalue weighted by molar-refractivity contribution is 0.232. The molecule has 2 rings (SSSR count). The van der Waals surface area contributed by atoms with Crippen LogP contribution in [0.1, 0.15) is 32.2 Å². The summed E-state index contributed by atoms with van der Waals surface area (Å²) in [6.45, 7) is 7.95. The lowest BCUT2D eigenvalue weighted by atomic mass is 10.2. The number of nitrogens with zero attached hydrogens (tertiary/aromatic N) is 2. The van der Waals surface area contributed by atoms with E-state index in [-0.39, 0.29) is 12.1 Å². The van der Waals surface area contributed by atoms with Gasteiger partial charge in [-0.1, -0.05) is 0 Å². The Morgan fingerprint density at radius 1 is 1.30 bits per heavy atom. The Morgan fingerprint density at radius 3 is 2.75 bits per heavy atom. The molecular weight excluding hydrogens is 254 g/mol. The third-order valence-corrected chi connectivity index (χ3v) is 2.65. The summed E-state index contributed by atoms with van der Waals surface area (Å²) in [5.41, 5.74) is 0.878. The summed E-state index contributed by atoms with van der Waals surface area (Å²) < 4.78 is 10.9. The fourth-order valence-corrected chi connectivity index (χ4v) is 1.91. The van der Waals surface area contributed by atoms with Crippen LogP contribution >= 0.6 is 0 Å². The van der Waals surface area contributed by atoms with E-state index < -0.39 is 0 Å². The van der Waals surface area contributed by atoms with E-state index in [0.29, 0.717) is 11.8 Å². The molecule has 0 aromatic carbocycles. The van der Waals surface area contributed by atoms with Crippen molar-refractivity contribution < 1.29 is 9.15 Å².